The molecule has 0 aliphatic heterocycles. The maximum absolute atomic E-state index is 11.1. The quantitative estimate of drug-likeness (QED) is 0.825. The van der Waals surface area contributed by atoms with E-state index < -0.39 is 9.84 Å². The number of aromatic amines is 1. The van der Waals surface area contributed by atoms with Gasteiger partial charge in [-0.3, -0.25) is 0 Å². The van der Waals surface area contributed by atoms with Crippen molar-refractivity contribution in [1.82, 2.24) is 9.55 Å². The van der Waals surface area contributed by atoms with Crippen molar-refractivity contribution < 1.29 is 8.42 Å². The van der Waals surface area contributed by atoms with Crippen molar-refractivity contribution in [3.05, 3.63) is 16.7 Å². The molecule has 1 N–H and O–H groups in total. The van der Waals surface area contributed by atoms with Crippen LogP contribution in [-0.4, -0.2) is 30.0 Å². The van der Waals surface area contributed by atoms with E-state index in [1.54, 1.807) is 0 Å². The molecule has 15 heavy (non-hydrogen) atoms. The second kappa shape index (κ2) is 4.49. The minimum atomic E-state index is -2.94. The molecule has 0 atom stereocenters. The lowest BCUT2D eigenvalue weighted by Gasteiger charge is -2.09. The van der Waals surface area contributed by atoms with Crippen molar-refractivity contribution in [2.75, 3.05) is 12.0 Å². The minimum absolute atomic E-state index is 0.124. The molecule has 0 bridgehead atoms. The third-order valence-corrected chi connectivity index (χ3v) is 3.44. The predicted molar refractivity (Wildman–Crippen MR) is 63.4 cm³/mol. The molecule has 0 saturated heterocycles. The van der Waals surface area contributed by atoms with Crippen LogP contribution in [0.25, 0.3) is 0 Å². The van der Waals surface area contributed by atoms with Crippen LogP contribution in [0.15, 0.2) is 6.20 Å². The molecule has 0 fully saturated rings. The molecule has 0 radical (unpaired) electrons. The van der Waals surface area contributed by atoms with Crippen LogP contribution in [0.4, 0.5) is 0 Å². The molecule has 0 aliphatic carbocycles. The standard InChI is InChI=1S/C9H16N2O2S2/c1-7(2)8-6-10-9(14)11(8)4-5-15(3,12)13/h6-7H,4-5H2,1-3H3,(H,10,14). The number of hydrogen-bond acceptors (Lipinski definition) is 3. The van der Waals surface area contributed by atoms with Crippen LogP contribution in [0.5, 0.6) is 0 Å². The summed E-state index contributed by atoms with van der Waals surface area (Å²) in [6.45, 7) is 4.53. The van der Waals surface area contributed by atoms with Crippen LogP contribution < -0.4 is 0 Å². The van der Waals surface area contributed by atoms with E-state index >= 15 is 0 Å². The Balaban J connectivity index is 2.94. The zero-order valence-electron chi connectivity index (χ0n) is 9.15. The molecule has 86 valence electrons. The third-order valence-electron chi connectivity index (χ3n) is 2.18. The summed E-state index contributed by atoms with van der Waals surface area (Å²) in [5, 5.41) is 0. The number of hydrogen-bond donors (Lipinski definition) is 1. The van der Waals surface area contributed by atoms with E-state index in [4.69, 9.17) is 12.2 Å². The highest BCUT2D eigenvalue weighted by Crippen LogP contribution is 2.14. The van der Waals surface area contributed by atoms with Crippen molar-refractivity contribution in [3.8, 4) is 0 Å². The van der Waals surface area contributed by atoms with Crippen molar-refractivity contribution in [2.24, 2.45) is 0 Å². The first-order valence-corrected chi connectivity index (χ1v) is 7.24. The maximum Gasteiger partial charge on any atom is 0.177 e. The molecule has 1 aromatic heterocycles. The van der Waals surface area contributed by atoms with E-state index in [0.717, 1.165) is 5.69 Å². The summed E-state index contributed by atoms with van der Waals surface area (Å²) in [5.74, 6) is 0.455. The van der Waals surface area contributed by atoms with Crippen LogP contribution in [0, 0.1) is 4.77 Å². The SMILES string of the molecule is CC(C)c1c[nH]c(=S)n1CCS(C)(=O)=O. The molecule has 0 amide bonds. The van der Waals surface area contributed by atoms with E-state index in [9.17, 15) is 8.42 Å². The van der Waals surface area contributed by atoms with Crippen LogP contribution in [-0.2, 0) is 16.4 Å². The van der Waals surface area contributed by atoms with Gasteiger partial charge in [-0.2, -0.15) is 0 Å². The molecule has 0 saturated carbocycles. The molecule has 0 spiro atoms. The van der Waals surface area contributed by atoms with E-state index in [2.05, 4.69) is 18.8 Å². The van der Waals surface area contributed by atoms with E-state index in [-0.39, 0.29) is 5.75 Å². The van der Waals surface area contributed by atoms with E-state index in [1.165, 1.54) is 6.26 Å². The van der Waals surface area contributed by atoms with Gasteiger partial charge in [0.15, 0.2) is 4.77 Å². The highest BCUT2D eigenvalue weighted by molar-refractivity contribution is 7.90. The second-order valence-corrected chi connectivity index (χ2v) is 6.60. The van der Waals surface area contributed by atoms with Gasteiger partial charge in [0.25, 0.3) is 0 Å². The van der Waals surface area contributed by atoms with Crippen molar-refractivity contribution in [3.63, 3.8) is 0 Å². The lowest BCUT2D eigenvalue weighted by atomic mass is 10.1. The van der Waals surface area contributed by atoms with Gasteiger partial charge < -0.3 is 9.55 Å². The van der Waals surface area contributed by atoms with Crippen LogP contribution in [0.3, 0.4) is 0 Å². The lowest BCUT2D eigenvalue weighted by Crippen LogP contribution is -2.13. The van der Waals surface area contributed by atoms with E-state index in [1.807, 2.05) is 10.8 Å². The molecular weight excluding hydrogens is 232 g/mol. The van der Waals surface area contributed by atoms with Gasteiger partial charge in [0, 0.05) is 24.7 Å². The number of imidazole rings is 1. The molecule has 0 aromatic carbocycles. The molecular formula is C9H16N2O2S2. The number of sulfone groups is 1. The molecule has 6 heteroatoms. The summed E-state index contributed by atoms with van der Waals surface area (Å²) in [6, 6.07) is 0. The minimum Gasteiger partial charge on any atom is -0.337 e. The average molecular weight is 248 g/mol. The fourth-order valence-corrected chi connectivity index (χ4v) is 2.14. The van der Waals surface area contributed by atoms with Gasteiger partial charge in [0.2, 0.25) is 0 Å². The summed E-state index contributed by atoms with van der Waals surface area (Å²) in [7, 11) is -2.94. The van der Waals surface area contributed by atoms with Crippen LogP contribution >= 0.6 is 12.2 Å². The first kappa shape index (κ1) is 12.4. The van der Waals surface area contributed by atoms with Crippen LogP contribution in [0.2, 0.25) is 0 Å². The summed E-state index contributed by atoms with van der Waals surface area (Å²) in [5.41, 5.74) is 1.05. The highest BCUT2D eigenvalue weighted by atomic mass is 32.2. The molecule has 0 unspecified atom stereocenters. The highest BCUT2D eigenvalue weighted by Gasteiger charge is 2.10. The number of nitrogens with zero attached hydrogens (tertiary/aromatic N) is 1. The summed E-state index contributed by atoms with van der Waals surface area (Å²) in [6.07, 6.45) is 3.08. The zero-order chi connectivity index (χ0) is 11.6. The fraction of sp³-hybridized carbons (Fsp3) is 0.667. The van der Waals surface area contributed by atoms with E-state index in [0.29, 0.717) is 17.2 Å². The molecule has 1 heterocycles. The van der Waals surface area contributed by atoms with Gasteiger partial charge in [-0.1, -0.05) is 13.8 Å². The first-order valence-electron chi connectivity index (χ1n) is 4.77. The maximum atomic E-state index is 11.1. The Morgan fingerprint density at radius 1 is 1.53 bits per heavy atom. The Kier molecular flexibility index (Phi) is 3.72. The summed E-state index contributed by atoms with van der Waals surface area (Å²) in [4.78, 5) is 2.94. The number of rotatable bonds is 4. The van der Waals surface area contributed by atoms with Crippen LogP contribution in [0.1, 0.15) is 25.5 Å². The smallest absolute Gasteiger partial charge is 0.177 e. The van der Waals surface area contributed by atoms with Crippen molar-refractivity contribution in [2.45, 2.75) is 26.3 Å². The van der Waals surface area contributed by atoms with Crippen molar-refractivity contribution in [1.29, 1.82) is 0 Å². The van der Waals surface area contributed by atoms with Gasteiger partial charge in [-0.25, -0.2) is 8.42 Å². The largest absolute Gasteiger partial charge is 0.337 e. The molecule has 1 rings (SSSR count). The van der Waals surface area contributed by atoms with Crippen molar-refractivity contribution >= 4 is 22.1 Å². The molecule has 1 aromatic rings. The zero-order valence-corrected chi connectivity index (χ0v) is 10.8. The molecule has 0 aliphatic rings. The van der Waals surface area contributed by atoms with Gasteiger partial charge in [0.1, 0.15) is 9.84 Å². The normalized spacial score (nSPS) is 12.3. The Bertz CT molecular complexity index is 482. The second-order valence-electron chi connectivity index (χ2n) is 3.95. The first-order chi connectivity index (χ1) is 6.81. The molecule has 4 nitrogen and oxygen atoms in total. The monoisotopic (exact) mass is 248 g/mol. The van der Waals surface area contributed by atoms with Gasteiger partial charge in [-0.15, -0.1) is 0 Å². The number of aromatic nitrogens is 2. The number of nitrogens with one attached hydrogen (secondary N) is 1. The number of H-pyrrole nitrogens is 1. The van der Waals surface area contributed by atoms with Gasteiger partial charge in [-0.05, 0) is 18.1 Å². The Labute approximate surface area is 95.2 Å². The lowest BCUT2D eigenvalue weighted by molar-refractivity contribution is 0.589. The average Bonchev–Trinajstić information content (AvgIpc) is 2.42. The Hall–Kier alpha value is -0.620. The van der Waals surface area contributed by atoms with Gasteiger partial charge in [0.05, 0.1) is 5.75 Å². The summed E-state index contributed by atoms with van der Waals surface area (Å²) < 4.78 is 24.6. The Morgan fingerprint density at radius 3 is 2.60 bits per heavy atom. The summed E-state index contributed by atoms with van der Waals surface area (Å²) >= 11 is 5.09. The van der Waals surface area contributed by atoms with Gasteiger partial charge >= 0.3 is 0 Å². The topological polar surface area (TPSA) is 54.9 Å². The Morgan fingerprint density at radius 2 is 2.13 bits per heavy atom. The predicted octanol–water partition coefficient (Wildman–Crippen LogP) is 1.71. The third kappa shape index (κ3) is 3.46. The fourth-order valence-electron chi connectivity index (χ4n) is 1.37.